The van der Waals surface area contributed by atoms with E-state index in [0.29, 0.717) is 19.4 Å². The average Bonchev–Trinajstić information content (AvgIpc) is 2.61. The lowest BCUT2D eigenvalue weighted by atomic mass is 9.84. The van der Waals surface area contributed by atoms with E-state index in [1.807, 2.05) is 24.3 Å². The zero-order valence-electron chi connectivity index (χ0n) is 14.7. The Morgan fingerprint density at radius 2 is 2.04 bits per heavy atom. The Morgan fingerprint density at radius 3 is 2.71 bits per heavy atom. The van der Waals surface area contributed by atoms with Gasteiger partial charge in [-0.05, 0) is 49.8 Å². The Hall–Kier alpha value is -1.59. The molecule has 2 N–H and O–H groups in total. The fraction of sp³-hybridized carbons (Fsp3) is 0.632. The van der Waals surface area contributed by atoms with Gasteiger partial charge in [0.25, 0.3) is 0 Å². The van der Waals surface area contributed by atoms with Crippen molar-refractivity contribution < 1.29 is 19.4 Å². The van der Waals surface area contributed by atoms with E-state index in [4.69, 9.17) is 9.47 Å². The maximum atomic E-state index is 12.3. The van der Waals surface area contributed by atoms with Crippen LogP contribution in [0.1, 0.15) is 38.2 Å². The molecule has 1 aromatic rings. The Kier molecular flexibility index (Phi) is 7.53. The number of hydrogen-bond donors (Lipinski definition) is 2. The van der Waals surface area contributed by atoms with Crippen LogP contribution in [0.25, 0.3) is 0 Å². The molecule has 24 heavy (non-hydrogen) atoms. The third kappa shape index (κ3) is 5.49. The first-order valence-electron chi connectivity index (χ1n) is 8.84. The second-order valence-corrected chi connectivity index (χ2v) is 6.38. The first-order valence-corrected chi connectivity index (χ1v) is 8.84. The maximum absolute atomic E-state index is 12.3. The quantitative estimate of drug-likeness (QED) is 0.765. The average molecular weight is 335 g/mol. The Bertz CT molecular complexity index is 503. The fourth-order valence-corrected chi connectivity index (χ4v) is 3.05. The number of aliphatic hydroxyl groups is 1. The highest BCUT2D eigenvalue weighted by Gasteiger charge is 2.32. The van der Waals surface area contributed by atoms with Crippen LogP contribution >= 0.6 is 0 Å². The Morgan fingerprint density at radius 1 is 1.29 bits per heavy atom. The third-order valence-corrected chi connectivity index (χ3v) is 4.54. The highest BCUT2D eigenvalue weighted by molar-refractivity contribution is 5.78. The molecule has 3 atom stereocenters. The summed E-state index contributed by atoms with van der Waals surface area (Å²) in [5, 5.41) is 12.8. The second kappa shape index (κ2) is 9.64. The minimum absolute atomic E-state index is 0.0619. The molecule has 2 rings (SSSR count). The van der Waals surface area contributed by atoms with E-state index in [-0.39, 0.29) is 17.9 Å². The van der Waals surface area contributed by atoms with E-state index in [2.05, 4.69) is 12.2 Å². The van der Waals surface area contributed by atoms with Crippen LogP contribution in [0.5, 0.6) is 5.75 Å². The van der Waals surface area contributed by atoms with Gasteiger partial charge in [0.05, 0.1) is 18.8 Å². The van der Waals surface area contributed by atoms with Crippen LogP contribution in [0, 0.1) is 5.92 Å². The maximum Gasteiger partial charge on any atom is 0.223 e. The van der Waals surface area contributed by atoms with E-state index < -0.39 is 6.10 Å². The van der Waals surface area contributed by atoms with Gasteiger partial charge in [0, 0.05) is 19.6 Å². The van der Waals surface area contributed by atoms with Gasteiger partial charge in [-0.2, -0.15) is 0 Å². The predicted octanol–water partition coefficient (Wildman–Crippen LogP) is 2.31. The summed E-state index contributed by atoms with van der Waals surface area (Å²) in [6.07, 6.45) is 3.04. The summed E-state index contributed by atoms with van der Waals surface area (Å²) < 4.78 is 10.8. The minimum atomic E-state index is -0.451. The van der Waals surface area contributed by atoms with Crippen molar-refractivity contribution in [2.45, 2.75) is 51.2 Å². The number of aliphatic hydroxyl groups excluding tert-OH is 1. The van der Waals surface area contributed by atoms with E-state index in [0.717, 1.165) is 31.6 Å². The van der Waals surface area contributed by atoms with E-state index in [1.54, 1.807) is 7.11 Å². The molecule has 1 aromatic carbocycles. The van der Waals surface area contributed by atoms with Crippen molar-refractivity contribution in [3.63, 3.8) is 0 Å². The number of benzene rings is 1. The van der Waals surface area contributed by atoms with Gasteiger partial charge in [-0.25, -0.2) is 0 Å². The van der Waals surface area contributed by atoms with E-state index in [9.17, 15) is 9.90 Å². The highest BCUT2D eigenvalue weighted by atomic mass is 16.5. The molecular formula is C19H29NO4. The van der Waals surface area contributed by atoms with Crippen LogP contribution in [-0.2, 0) is 16.0 Å². The van der Waals surface area contributed by atoms with Crippen molar-refractivity contribution in [3.8, 4) is 5.75 Å². The topological polar surface area (TPSA) is 67.8 Å². The number of carbonyl (C=O) groups excluding carboxylic acids is 1. The van der Waals surface area contributed by atoms with Crippen LogP contribution in [0.3, 0.4) is 0 Å². The summed E-state index contributed by atoms with van der Waals surface area (Å²) in [7, 11) is 1.59. The molecule has 1 saturated carbocycles. The molecule has 1 aliphatic rings. The summed E-state index contributed by atoms with van der Waals surface area (Å²) >= 11 is 0. The highest BCUT2D eigenvalue weighted by Crippen LogP contribution is 2.26. The molecule has 1 fully saturated rings. The smallest absolute Gasteiger partial charge is 0.223 e. The standard InChI is InChI=1S/C19H29NO4/c1-3-12-24-16-7-4-14(5-8-16)10-11-20-19(22)15-6-9-17(21)18(13-15)23-2/h4-5,7-8,15,17-18,21H,3,6,9-13H2,1-2H3,(H,20,22)/t15-,17+,18-/m1/s1. The molecule has 0 unspecified atom stereocenters. The number of amides is 1. The van der Waals surface area contributed by atoms with Gasteiger partial charge in [-0.15, -0.1) is 0 Å². The van der Waals surface area contributed by atoms with Gasteiger partial charge < -0.3 is 19.9 Å². The summed E-state index contributed by atoms with van der Waals surface area (Å²) in [5.74, 6) is 0.881. The first-order chi connectivity index (χ1) is 11.6. The van der Waals surface area contributed by atoms with Crippen LogP contribution in [0.2, 0.25) is 0 Å². The van der Waals surface area contributed by atoms with Gasteiger partial charge in [-0.3, -0.25) is 4.79 Å². The molecule has 0 saturated heterocycles. The van der Waals surface area contributed by atoms with Crippen molar-refractivity contribution in [3.05, 3.63) is 29.8 Å². The fourth-order valence-electron chi connectivity index (χ4n) is 3.05. The molecule has 5 heteroatoms. The largest absolute Gasteiger partial charge is 0.494 e. The number of ether oxygens (including phenoxy) is 2. The number of rotatable bonds is 8. The van der Waals surface area contributed by atoms with Gasteiger partial charge in [0.1, 0.15) is 5.75 Å². The SMILES string of the molecule is CCCOc1ccc(CCNC(=O)[C@@H]2CC[C@H](O)[C@H](OC)C2)cc1. The van der Waals surface area contributed by atoms with Gasteiger partial charge in [-0.1, -0.05) is 19.1 Å². The molecule has 0 aliphatic heterocycles. The van der Waals surface area contributed by atoms with Crippen LogP contribution in [0.4, 0.5) is 0 Å². The summed E-state index contributed by atoms with van der Waals surface area (Å²) in [6.45, 7) is 3.43. The predicted molar refractivity (Wildman–Crippen MR) is 93.1 cm³/mol. The van der Waals surface area contributed by atoms with Gasteiger partial charge >= 0.3 is 0 Å². The molecular weight excluding hydrogens is 306 g/mol. The second-order valence-electron chi connectivity index (χ2n) is 6.38. The number of methoxy groups -OCH3 is 1. The van der Waals surface area contributed by atoms with Crippen molar-refractivity contribution >= 4 is 5.91 Å². The summed E-state index contributed by atoms with van der Waals surface area (Å²) in [6, 6.07) is 8.02. The van der Waals surface area contributed by atoms with Crippen molar-refractivity contribution in [2.24, 2.45) is 5.92 Å². The lowest BCUT2D eigenvalue weighted by Crippen LogP contribution is -2.41. The minimum Gasteiger partial charge on any atom is -0.494 e. The molecule has 134 valence electrons. The molecule has 0 spiro atoms. The third-order valence-electron chi connectivity index (χ3n) is 4.54. The Balaban J connectivity index is 1.72. The van der Waals surface area contributed by atoms with Crippen LogP contribution < -0.4 is 10.1 Å². The Labute approximate surface area is 144 Å². The van der Waals surface area contributed by atoms with Crippen LogP contribution in [-0.4, -0.2) is 43.5 Å². The van der Waals surface area contributed by atoms with E-state index in [1.165, 1.54) is 5.56 Å². The molecule has 0 aromatic heterocycles. The van der Waals surface area contributed by atoms with Crippen molar-refractivity contribution in [1.29, 1.82) is 0 Å². The lowest BCUT2D eigenvalue weighted by Gasteiger charge is -2.31. The van der Waals surface area contributed by atoms with Crippen molar-refractivity contribution in [2.75, 3.05) is 20.3 Å². The monoisotopic (exact) mass is 335 g/mol. The number of carbonyl (C=O) groups is 1. The van der Waals surface area contributed by atoms with Crippen molar-refractivity contribution in [1.82, 2.24) is 5.32 Å². The zero-order chi connectivity index (χ0) is 17.4. The summed E-state index contributed by atoms with van der Waals surface area (Å²) in [4.78, 5) is 12.3. The molecule has 1 aliphatic carbocycles. The molecule has 0 heterocycles. The normalized spacial score (nSPS) is 23.7. The zero-order valence-corrected chi connectivity index (χ0v) is 14.7. The first kappa shape index (κ1) is 18.7. The summed E-state index contributed by atoms with van der Waals surface area (Å²) in [5.41, 5.74) is 1.17. The molecule has 5 nitrogen and oxygen atoms in total. The molecule has 1 amide bonds. The molecule has 0 radical (unpaired) electrons. The number of nitrogens with one attached hydrogen (secondary N) is 1. The van der Waals surface area contributed by atoms with E-state index >= 15 is 0 Å². The van der Waals surface area contributed by atoms with Gasteiger partial charge in [0.2, 0.25) is 5.91 Å². The molecule has 0 bridgehead atoms. The number of hydrogen-bond acceptors (Lipinski definition) is 4. The van der Waals surface area contributed by atoms with Gasteiger partial charge in [0.15, 0.2) is 0 Å². The van der Waals surface area contributed by atoms with Crippen LogP contribution in [0.15, 0.2) is 24.3 Å². The lowest BCUT2D eigenvalue weighted by molar-refractivity contribution is -0.130.